The molecule has 4 rings (SSSR count). The molecule has 0 radical (unpaired) electrons. The Morgan fingerprint density at radius 1 is 0.926 bits per heavy atom. The summed E-state index contributed by atoms with van der Waals surface area (Å²) in [6, 6.07) is 20.9. The zero-order chi connectivity index (χ0) is 39.4. The predicted molar refractivity (Wildman–Crippen MR) is 204 cm³/mol. The molecule has 0 aromatic heterocycles. The van der Waals surface area contributed by atoms with Crippen LogP contribution in [0.1, 0.15) is 75.5 Å². The summed E-state index contributed by atoms with van der Waals surface area (Å²) in [4.78, 5) is 34.2. The molecule has 54 heavy (non-hydrogen) atoms. The largest absolute Gasteiger partial charge is 0.493 e. The number of halogens is 2. The number of hydrogen-bond acceptors (Lipinski definition) is 9. The molecule has 12 heteroatoms. The van der Waals surface area contributed by atoms with Crippen molar-refractivity contribution in [3.63, 3.8) is 0 Å². The first-order valence-electron chi connectivity index (χ1n) is 17.9. The van der Waals surface area contributed by atoms with Crippen LogP contribution in [0.3, 0.4) is 0 Å². The van der Waals surface area contributed by atoms with E-state index in [2.05, 4.69) is 28.7 Å². The summed E-state index contributed by atoms with van der Waals surface area (Å²) in [5.41, 5.74) is 2.50. The third-order valence-electron chi connectivity index (χ3n) is 8.21. The van der Waals surface area contributed by atoms with Crippen LogP contribution >= 0.6 is 0 Å². The molecule has 0 bridgehead atoms. The standard InChI is InChI=1S/C22H30F2O.C11H12O3.C9H9NO5/c1-2-3-4-5-7-11-19-12-10-13-20(19)16-17-22(23,24)18-25-21-14-8-6-9-15-21;1-3-4-9-5-6-10(14-8-12)11(7-9)13-2;11-7-14-5-8-1-3-9(4-2-8)6-15-10(12)13/h5-9,14-17,19-20H,2-4,10-13,18H2,1H3;3-8H,1-2H3;1-4,7H,5-6H2/b7-5-,17-16+;4-3+;/t19-,20?;;/m0../s1. The first-order chi connectivity index (χ1) is 26.1. The van der Waals surface area contributed by atoms with Crippen LogP contribution < -0.4 is 14.2 Å². The quantitative estimate of drug-likeness (QED) is 0.0365. The van der Waals surface area contributed by atoms with Gasteiger partial charge in [-0.15, -0.1) is 10.1 Å². The molecule has 3 aromatic rings. The summed E-state index contributed by atoms with van der Waals surface area (Å²) in [6.07, 6.45) is 19.0. The van der Waals surface area contributed by atoms with Crippen molar-refractivity contribution in [1.29, 1.82) is 0 Å². The number of hydrogen-bond donors (Lipinski definition) is 0. The van der Waals surface area contributed by atoms with Crippen molar-refractivity contribution in [2.75, 3.05) is 13.7 Å². The third kappa shape index (κ3) is 18.8. The maximum atomic E-state index is 14.1. The summed E-state index contributed by atoms with van der Waals surface area (Å²) in [7, 11) is 1.53. The summed E-state index contributed by atoms with van der Waals surface area (Å²) >= 11 is 0. The summed E-state index contributed by atoms with van der Waals surface area (Å²) in [5.74, 6) is -0.715. The molecule has 1 saturated carbocycles. The topological polar surface area (TPSA) is 123 Å². The maximum absolute atomic E-state index is 14.1. The van der Waals surface area contributed by atoms with E-state index in [9.17, 15) is 28.5 Å². The first kappa shape index (κ1) is 44.6. The molecule has 0 saturated heterocycles. The summed E-state index contributed by atoms with van der Waals surface area (Å²) in [5, 5.41) is 9.06. The number of ether oxygens (including phenoxy) is 4. The molecule has 3 aromatic carbocycles. The van der Waals surface area contributed by atoms with Crippen LogP contribution in [-0.2, 0) is 32.4 Å². The molecule has 1 unspecified atom stereocenters. The highest BCUT2D eigenvalue weighted by atomic mass is 19.3. The molecule has 0 amide bonds. The smallest absolute Gasteiger partial charge is 0.299 e. The van der Waals surface area contributed by atoms with Gasteiger partial charge >= 0.3 is 0 Å². The fraction of sp³-hybridized carbons (Fsp3) is 0.381. The second-order valence-corrected chi connectivity index (χ2v) is 12.3. The van der Waals surface area contributed by atoms with Crippen molar-refractivity contribution < 1.29 is 47.2 Å². The van der Waals surface area contributed by atoms with E-state index >= 15 is 0 Å². The molecule has 10 nitrogen and oxygen atoms in total. The van der Waals surface area contributed by atoms with Gasteiger partial charge < -0.3 is 23.8 Å². The van der Waals surface area contributed by atoms with Gasteiger partial charge in [-0.2, -0.15) is 8.78 Å². The molecule has 1 aliphatic carbocycles. The van der Waals surface area contributed by atoms with Crippen molar-refractivity contribution in [3.8, 4) is 17.2 Å². The molecule has 0 aliphatic heterocycles. The van der Waals surface area contributed by atoms with Gasteiger partial charge in [-0.25, -0.2) is 0 Å². The van der Waals surface area contributed by atoms with Crippen molar-refractivity contribution in [2.24, 2.45) is 11.8 Å². The number of para-hydroxylation sites is 1. The van der Waals surface area contributed by atoms with Crippen LogP contribution in [0, 0.1) is 22.0 Å². The molecule has 1 fully saturated rings. The summed E-state index contributed by atoms with van der Waals surface area (Å²) < 4.78 is 47.6. The van der Waals surface area contributed by atoms with Crippen LogP contribution in [0.15, 0.2) is 103 Å². The number of rotatable bonds is 20. The van der Waals surface area contributed by atoms with Crippen LogP contribution in [0.4, 0.5) is 8.78 Å². The number of alkyl halides is 2. The van der Waals surface area contributed by atoms with Gasteiger partial charge in [0.2, 0.25) is 0 Å². The Bertz CT molecular complexity index is 1600. The SMILES string of the molecule is C/C=C/c1ccc(OC=O)c(OC)c1.CCCC/C=C\C[C@H]1CCCC1/C=C/C(F)(F)COc1ccccc1.O=COCc1ccc(CO[N+](=O)[O-])cc1. The number of carbonyl (C=O) groups excluding carboxylic acids is 2. The Morgan fingerprint density at radius 2 is 1.65 bits per heavy atom. The van der Waals surface area contributed by atoms with Crippen molar-refractivity contribution in [2.45, 2.75) is 77.9 Å². The second kappa shape index (κ2) is 26.3. The molecule has 0 N–H and O–H groups in total. The molecule has 0 spiro atoms. The molecule has 292 valence electrons. The molecular formula is C42H51F2NO9. The van der Waals surface area contributed by atoms with E-state index in [0.29, 0.717) is 41.7 Å². The van der Waals surface area contributed by atoms with Crippen molar-refractivity contribution >= 4 is 19.0 Å². The van der Waals surface area contributed by atoms with Gasteiger partial charge in [0, 0.05) is 0 Å². The normalized spacial score (nSPS) is 15.1. The molecular weight excluding hydrogens is 700 g/mol. The predicted octanol–water partition coefficient (Wildman–Crippen LogP) is 10.1. The molecule has 2 atom stereocenters. The first-order valence-corrected chi connectivity index (χ1v) is 17.9. The lowest BCUT2D eigenvalue weighted by molar-refractivity contribution is -0.763. The zero-order valence-electron chi connectivity index (χ0n) is 31.2. The van der Waals surface area contributed by atoms with Crippen LogP contribution in [0.25, 0.3) is 6.08 Å². The van der Waals surface area contributed by atoms with Crippen molar-refractivity contribution in [3.05, 3.63) is 130 Å². The Morgan fingerprint density at radius 3 is 2.28 bits per heavy atom. The molecule has 1 aliphatic rings. The highest BCUT2D eigenvalue weighted by molar-refractivity contribution is 5.58. The average molecular weight is 752 g/mol. The molecule has 0 heterocycles. The fourth-order valence-corrected chi connectivity index (χ4v) is 5.45. The van der Waals surface area contributed by atoms with Crippen LogP contribution in [0.5, 0.6) is 17.2 Å². The number of unbranched alkanes of at least 4 members (excludes halogenated alkanes) is 2. The number of nitrogens with zero attached hydrogens (tertiary/aromatic N) is 1. The number of benzene rings is 3. The average Bonchev–Trinajstić information content (AvgIpc) is 3.64. The number of methoxy groups -OCH3 is 1. The minimum absolute atomic E-state index is 0.0815. The van der Waals surface area contributed by atoms with E-state index in [4.69, 9.17) is 14.2 Å². The summed E-state index contributed by atoms with van der Waals surface area (Å²) in [6.45, 7) is 4.37. The highest BCUT2D eigenvalue weighted by Gasteiger charge is 2.29. The lowest BCUT2D eigenvalue weighted by Gasteiger charge is -2.17. The third-order valence-corrected chi connectivity index (χ3v) is 8.21. The lowest BCUT2D eigenvalue weighted by Crippen LogP contribution is -2.23. The number of carbonyl (C=O) groups is 2. The minimum Gasteiger partial charge on any atom is -0.493 e. The van der Waals surface area contributed by atoms with Gasteiger partial charge in [0.1, 0.15) is 19.0 Å². The Labute approximate surface area is 316 Å². The lowest BCUT2D eigenvalue weighted by atomic mass is 9.92. The van der Waals surface area contributed by atoms with E-state index in [1.807, 2.05) is 31.2 Å². The van der Waals surface area contributed by atoms with Gasteiger partial charge in [0.15, 0.2) is 18.1 Å². The van der Waals surface area contributed by atoms with Gasteiger partial charge in [0.25, 0.3) is 24.0 Å². The van der Waals surface area contributed by atoms with Crippen molar-refractivity contribution in [1.82, 2.24) is 0 Å². The number of allylic oxidation sites excluding steroid dienone is 4. The second-order valence-electron chi connectivity index (χ2n) is 12.3. The maximum Gasteiger partial charge on any atom is 0.299 e. The van der Waals surface area contributed by atoms with E-state index in [0.717, 1.165) is 49.3 Å². The zero-order valence-corrected chi connectivity index (χ0v) is 31.2. The van der Waals surface area contributed by atoms with Crippen LogP contribution in [0.2, 0.25) is 0 Å². The van der Waals surface area contributed by atoms with Gasteiger partial charge in [0.05, 0.1) is 7.11 Å². The Balaban J connectivity index is 0.000000299. The fourth-order valence-electron chi connectivity index (χ4n) is 5.45. The Hall–Kier alpha value is -5.52. The Kier molecular flexibility index (Phi) is 21.7. The van der Waals surface area contributed by atoms with Crippen LogP contribution in [-0.4, -0.2) is 37.7 Å². The minimum atomic E-state index is -2.93. The van der Waals surface area contributed by atoms with E-state index in [1.54, 1.807) is 66.7 Å². The van der Waals surface area contributed by atoms with Gasteiger partial charge in [-0.1, -0.05) is 105 Å². The highest BCUT2D eigenvalue weighted by Crippen LogP contribution is 2.36. The van der Waals surface area contributed by atoms with E-state index in [-0.39, 0.29) is 19.1 Å². The van der Waals surface area contributed by atoms with E-state index < -0.39 is 17.6 Å². The van der Waals surface area contributed by atoms with Gasteiger partial charge in [-0.3, -0.25) is 9.59 Å². The van der Waals surface area contributed by atoms with Gasteiger partial charge in [-0.05, 0) is 91.5 Å². The van der Waals surface area contributed by atoms with E-state index in [1.165, 1.54) is 20.0 Å². The monoisotopic (exact) mass is 751 g/mol.